The van der Waals surface area contributed by atoms with Gasteiger partial charge >= 0.3 is 5.97 Å². The first kappa shape index (κ1) is 29.0. The number of methoxy groups -OCH3 is 2. The highest BCUT2D eigenvalue weighted by molar-refractivity contribution is 9.10. The van der Waals surface area contributed by atoms with Gasteiger partial charge in [0.2, 0.25) is 0 Å². The summed E-state index contributed by atoms with van der Waals surface area (Å²) < 4.78 is 24.7. The summed E-state index contributed by atoms with van der Waals surface area (Å²) >= 11 is 4.51. The number of benzene rings is 2. The normalized spacial score (nSPS) is 14.8. The molecule has 3 heterocycles. The van der Waals surface area contributed by atoms with Crippen molar-refractivity contribution in [3.63, 3.8) is 0 Å². The summed E-state index contributed by atoms with van der Waals surface area (Å²) in [6.07, 6.45) is 1.59. The Hall–Kier alpha value is -4.49. The van der Waals surface area contributed by atoms with Crippen LogP contribution in [0.15, 0.2) is 78.5 Å². The molecule has 1 aliphatic rings. The molecule has 0 radical (unpaired) electrons. The predicted molar refractivity (Wildman–Crippen MR) is 158 cm³/mol. The van der Waals surface area contributed by atoms with Crippen molar-refractivity contribution in [2.45, 2.75) is 19.9 Å². The van der Waals surface area contributed by atoms with E-state index < -0.39 is 22.5 Å². The van der Waals surface area contributed by atoms with Crippen LogP contribution in [0.3, 0.4) is 0 Å². The van der Waals surface area contributed by atoms with E-state index in [1.165, 1.54) is 30.9 Å². The van der Waals surface area contributed by atoms with Crippen LogP contribution in [0.5, 0.6) is 11.5 Å². The van der Waals surface area contributed by atoms with Crippen molar-refractivity contribution in [2.24, 2.45) is 4.99 Å². The zero-order valence-corrected chi connectivity index (χ0v) is 25.3. The molecule has 0 amide bonds. The van der Waals surface area contributed by atoms with E-state index in [1.807, 2.05) is 0 Å². The molecule has 4 aromatic rings. The monoisotopic (exact) mass is 653 g/mol. The molecule has 13 heteroatoms. The molecule has 1 aliphatic heterocycles. The number of carbonyl (C=O) groups excluding carboxylic acids is 1. The van der Waals surface area contributed by atoms with E-state index in [0.29, 0.717) is 53.6 Å². The largest absolute Gasteiger partial charge is 0.497 e. The minimum atomic E-state index is -0.893. The number of nitro groups is 1. The lowest BCUT2D eigenvalue weighted by atomic mass is 9.95. The third-order valence-electron chi connectivity index (χ3n) is 6.58. The third-order valence-corrected chi connectivity index (χ3v) is 8.22. The zero-order valence-electron chi connectivity index (χ0n) is 22.9. The molecule has 0 bridgehead atoms. The van der Waals surface area contributed by atoms with Crippen LogP contribution in [0.4, 0.5) is 5.69 Å². The molecule has 0 saturated carbocycles. The van der Waals surface area contributed by atoms with Gasteiger partial charge in [0.05, 0.1) is 41.6 Å². The first-order valence-electron chi connectivity index (χ1n) is 12.6. The lowest BCUT2D eigenvalue weighted by Gasteiger charge is -2.26. The quantitative estimate of drug-likeness (QED) is 0.151. The van der Waals surface area contributed by atoms with Crippen LogP contribution < -0.4 is 24.4 Å². The topological polar surface area (TPSA) is 135 Å². The average Bonchev–Trinajstić information content (AvgIpc) is 3.55. The molecule has 0 spiro atoms. The van der Waals surface area contributed by atoms with Crippen molar-refractivity contribution < 1.29 is 28.3 Å². The Bertz CT molecular complexity index is 1940. The van der Waals surface area contributed by atoms with Crippen LogP contribution in [0.1, 0.15) is 31.2 Å². The molecule has 0 saturated heterocycles. The Morgan fingerprint density at radius 2 is 1.98 bits per heavy atom. The van der Waals surface area contributed by atoms with Gasteiger partial charge in [-0.05, 0) is 66.2 Å². The average molecular weight is 654 g/mol. The molecule has 216 valence electrons. The number of fused-ring (bicyclic) bond motifs is 1. The number of esters is 1. The number of allylic oxidation sites excluding steroid dienone is 1. The lowest BCUT2D eigenvalue weighted by Crippen LogP contribution is -2.40. The number of hydrogen-bond acceptors (Lipinski definition) is 10. The molecule has 11 nitrogen and oxygen atoms in total. The number of nitrogens with zero attached hydrogens (tertiary/aromatic N) is 3. The Morgan fingerprint density at radius 3 is 2.64 bits per heavy atom. The van der Waals surface area contributed by atoms with Gasteiger partial charge in [-0.2, -0.15) is 0 Å². The maximum absolute atomic E-state index is 13.9. The van der Waals surface area contributed by atoms with E-state index in [9.17, 15) is 19.7 Å². The Kier molecular flexibility index (Phi) is 8.14. The van der Waals surface area contributed by atoms with Gasteiger partial charge < -0.3 is 18.6 Å². The van der Waals surface area contributed by atoms with E-state index in [-0.39, 0.29) is 17.9 Å². The maximum atomic E-state index is 13.9. The van der Waals surface area contributed by atoms with Gasteiger partial charge in [-0.3, -0.25) is 19.5 Å². The lowest BCUT2D eigenvalue weighted by molar-refractivity contribution is -0.384. The number of hydrogen-bond donors (Lipinski definition) is 0. The summed E-state index contributed by atoms with van der Waals surface area (Å²) in [6.45, 7) is 3.55. The number of ether oxygens (including phenoxy) is 3. The fourth-order valence-electron chi connectivity index (χ4n) is 4.66. The number of thiazole rings is 1. The van der Waals surface area contributed by atoms with E-state index in [4.69, 9.17) is 18.6 Å². The van der Waals surface area contributed by atoms with Crippen molar-refractivity contribution >= 4 is 45.0 Å². The second-order valence-corrected chi connectivity index (χ2v) is 10.9. The fourth-order valence-corrected chi connectivity index (χ4v) is 6.25. The summed E-state index contributed by atoms with van der Waals surface area (Å²) in [5.41, 5.74) is 1.33. The molecular weight excluding hydrogens is 630 g/mol. The molecule has 1 atom stereocenters. The summed E-state index contributed by atoms with van der Waals surface area (Å²) in [5.74, 6) is 1.22. The van der Waals surface area contributed by atoms with Gasteiger partial charge in [0, 0.05) is 33.8 Å². The number of aromatic nitrogens is 1. The molecule has 2 aromatic carbocycles. The SMILES string of the molecule is CCOC(=O)C1=C(C)N=c2s/c(=C/c3ccc(-c4ccc([N+](=O)[O-])cc4Br)o3)c(=O)n2[C@H]1c1cc(OC)ccc1OC. The van der Waals surface area contributed by atoms with Crippen LogP contribution in [-0.2, 0) is 9.53 Å². The second kappa shape index (κ2) is 11.8. The Balaban J connectivity index is 1.65. The van der Waals surface area contributed by atoms with Crippen LogP contribution in [0, 0.1) is 10.1 Å². The van der Waals surface area contributed by atoms with Crippen molar-refractivity contribution in [1.29, 1.82) is 0 Å². The van der Waals surface area contributed by atoms with Crippen molar-refractivity contribution in [3.8, 4) is 22.8 Å². The van der Waals surface area contributed by atoms with Crippen molar-refractivity contribution in [1.82, 2.24) is 4.57 Å². The van der Waals surface area contributed by atoms with Gasteiger partial charge in [-0.25, -0.2) is 9.79 Å². The zero-order chi connectivity index (χ0) is 30.1. The van der Waals surface area contributed by atoms with Crippen LogP contribution in [-0.4, -0.2) is 36.3 Å². The molecule has 0 fully saturated rings. The maximum Gasteiger partial charge on any atom is 0.338 e. The van der Waals surface area contributed by atoms with Crippen LogP contribution in [0.25, 0.3) is 17.4 Å². The molecular formula is C29H24BrN3O8S. The first-order valence-corrected chi connectivity index (χ1v) is 14.2. The minimum absolute atomic E-state index is 0.0572. The highest BCUT2D eigenvalue weighted by Gasteiger charge is 2.35. The summed E-state index contributed by atoms with van der Waals surface area (Å²) in [6, 6.07) is 12.0. The predicted octanol–water partition coefficient (Wildman–Crippen LogP) is 4.75. The summed E-state index contributed by atoms with van der Waals surface area (Å²) in [7, 11) is 3.03. The summed E-state index contributed by atoms with van der Waals surface area (Å²) in [5, 5.41) is 11.1. The van der Waals surface area contributed by atoms with Gasteiger partial charge in [0.25, 0.3) is 11.2 Å². The number of rotatable bonds is 8. The van der Waals surface area contributed by atoms with E-state index in [0.717, 1.165) is 11.3 Å². The van der Waals surface area contributed by atoms with Gasteiger partial charge in [0.15, 0.2) is 4.80 Å². The van der Waals surface area contributed by atoms with Crippen molar-refractivity contribution in [3.05, 3.63) is 105 Å². The Labute approximate surface area is 251 Å². The third kappa shape index (κ3) is 5.28. The molecule has 0 aliphatic carbocycles. The highest BCUT2D eigenvalue weighted by Crippen LogP contribution is 2.38. The van der Waals surface area contributed by atoms with Crippen LogP contribution >= 0.6 is 27.3 Å². The highest BCUT2D eigenvalue weighted by atomic mass is 79.9. The molecule has 5 rings (SSSR count). The fraction of sp³-hybridized carbons (Fsp3) is 0.207. The number of carbonyl (C=O) groups is 1. The van der Waals surface area contributed by atoms with Crippen molar-refractivity contribution in [2.75, 3.05) is 20.8 Å². The van der Waals surface area contributed by atoms with Gasteiger partial charge in [-0.1, -0.05) is 11.3 Å². The summed E-state index contributed by atoms with van der Waals surface area (Å²) in [4.78, 5) is 42.7. The molecule has 2 aromatic heterocycles. The number of halogens is 1. The number of furan rings is 1. The molecule has 0 N–H and O–H groups in total. The number of non-ortho nitro benzene ring substituents is 1. The minimum Gasteiger partial charge on any atom is -0.497 e. The Morgan fingerprint density at radius 1 is 1.19 bits per heavy atom. The van der Waals surface area contributed by atoms with Gasteiger partial charge in [-0.15, -0.1) is 0 Å². The molecule has 0 unspecified atom stereocenters. The second-order valence-electron chi connectivity index (χ2n) is 9.03. The van der Waals surface area contributed by atoms with E-state index in [2.05, 4.69) is 20.9 Å². The van der Waals surface area contributed by atoms with Gasteiger partial charge in [0.1, 0.15) is 29.1 Å². The smallest absolute Gasteiger partial charge is 0.338 e. The van der Waals surface area contributed by atoms with E-state index in [1.54, 1.807) is 56.3 Å². The van der Waals surface area contributed by atoms with Crippen LogP contribution in [0.2, 0.25) is 0 Å². The van der Waals surface area contributed by atoms with E-state index >= 15 is 0 Å². The number of nitro benzene ring substituents is 1. The molecule has 42 heavy (non-hydrogen) atoms. The standard InChI is InChI=1S/C29H24BrN3O8S/c1-5-40-28(35)25-15(2)31-29-32(26(25)20-13-17(38-3)7-10-22(20)39-4)27(34)24(42-29)14-18-8-11-23(41-18)19-9-6-16(33(36)37)12-21(19)30/h6-14,26H,5H2,1-4H3/b24-14+/t26-/m0/s1. The first-order chi connectivity index (χ1) is 20.2.